The fourth-order valence-electron chi connectivity index (χ4n) is 10.3. The Morgan fingerprint density at radius 1 is 0.754 bits per heavy atom. The van der Waals surface area contributed by atoms with Crippen LogP contribution in [-0.2, 0) is 33.8 Å². The van der Waals surface area contributed by atoms with Gasteiger partial charge in [-0.05, 0) is 135 Å². The van der Waals surface area contributed by atoms with Crippen LogP contribution in [0.2, 0.25) is 0 Å². The topological polar surface area (TPSA) is 162 Å². The van der Waals surface area contributed by atoms with Gasteiger partial charge in [0.2, 0.25) is 5.91 Å². The van der Waals surface area contributed by atoms with Gasteiger partial charge in [0.25, 0.3) is 5.56 Å². The summed E-state index contributed by atoms with van der Waals surface area (Å²) in [5.74, 6) is -1.05. The van der Waals surface area contributed by atoms with Crippen LogP contribution in [0.1, 0.15) is 80.1 Å². The van der Waals surface area contributed by atoms with Crippen LogP contribution >= 0.6 is 11.6 Å². The summed E-state index contributed by atoms with van der Waals surface area (Å²) in [4.78, 5) is 78.4. The second-order valence-electron chi connectivity index (χ2n) is 18.7. The van der Waals surface area contributed by atoms with Crippen molar-refractivity contribution in [2.45, 2.75) is 70.2 Å². The number of aryl methyl sites for hydroxylation is 1. The van der Waals surface area contributed by atoms with E-state index in [0.717, 1.165) is 88.6 Å². The number of nitrogens with one attached hydrogen (secondary N) is 2. The number of carbonyl (C=O) groups is 4. The van der Waals surface area contributed by atoms with Crippen molar-refractivity contribution in [1.82, 2.24) is 39.7 Å². The average molecular weight is 956 g/mol. The van der Waals surface area contributed by atoms with Crippen LogP contribution in [0.15, 0.2) is 102 Å². The lowest BCUT2D eigenvalue weighted by Crippen LogP contribution is -2.59. The zero-order valence-corrected chi connectivity index (χ0v) is 40.0. The summed E-state index contributed by atoms with van der Waals surface area (Å²) in [5, 5.41) is 9.54. The van der Waals surface area contributed by atoms with Gasteiger partial charge in [0.05, 0.1) is 22.8 Å². The van der Waals surface area contributed by atoms with E-state index in [4.69, 9.17) is 21.1 Å². The predicted octanol–water partition coefficient (Wildman–Crippen LogP) is 6.68. The Hall–Kier alpha value is -6.55. The second kappa shape index (κ2) is 21.4. The first kappa shape index (κ1) is 47.5. The molecule has 0 aliphatic carbocycles. The van der Waals surface area contributed by atoms with Gasteiger partial charge in [-0.3, -0.25) is 14.5 Å². The third-order valence-corrected chi connectivity index (χ3v) is 14.3. The number of pyridine rings is 1. The lowest BCUT2D eigenvalue weighted by atomic mass is 9.89. The molecule has 4 aromatic carbocycles. The van der Waals surface area contributed by atoms with Crippen molar-refractivity contribution in [1.29, 1.82) is 0 Å². The SMILES string of the molecule is Cc1cc(CC(NC(=O)N2CCC(c3cc4ccccc4[nH]c3=O)CC2)C(=O)N2CCN(C3CCN(C)CC3)CC2)cc2cnn(COC(=O)c3ccc(Cc4ccc(C(=O)OCCl)cc4)cc3)c12. The van der Waals surface area contributed by atoms with Gasteiger partial charge in [-0.15, -0.1) is 0 Å². The van der Waals surface area contributed by atoms with Crippen molar-refractivity contribution < 1.29 is 28.7 Å². The Kier molecular flexibility index (Phi) is 14.7. The lowest BCUT2D eigenvalue weighted by Gasteiger charge is -2.43. The van der Waals surface area contributed by atoms with Crippen LogP contribution in [0.3, 0.4) is 0 Å². The Balaban J connectivity index is 0.848. The number of hydrogen-bond donors (Lipinski definition) is 2. The quantitative estimate of drug-likeness (QED) is 0.0944. The Morgan fingerprint density at radius 2 is 1.41 bits per heavy atom. The first-order chi connectivity index (χ1) is 33.5. The molecule has 0 spiro atoms. The molecule has 6 aromatic rings. The molecule has 3 saturated heterocycles. The van der Waals surface area contributed by atoms with Crippen LogP contribution < -0.4 is 10.9 Å². The van der Waals surface area contributed by atoms with Gasteiger partial charge in [-0.25, -0.2) is 19.1 Å². The van der Waals surface area contributed by atoms with E-state index in [1.54, 1.807) is 40.0 Å². The van der Waals surface area contributed by atoms with Gasteiger partial charge in [0.15, 0.2) is 12.8 Å². The maximum absolute atomic E-state index is 14.5. The van der Waals surface area contributed by atoms with E-state index in [9.17, 15) is 24.0 Å². The zero-order valence-electron chi connectivity index (χ0n) is 39.2. The minimum atomic E-state index is -0.805. The number of nitrogens with zero attached hydrogens (tertiary/aromatic N) is 6. The van der Waals surface area contributed by atoms with Crippen molar-refractivity contribution in [3.05, 3.63) is 146 Å². The van der Waals surface area contributed by atoms with Gasteiger partial charge >= 0.3 is 18.0 Å². The Labute approximate surface area is 406 Å². The number of piperazine rings is 1. The number of piperidine rings is 2. The molecule has 2 N–H and O–H groups in total. The summed E-state index contributed by atoms with van der Waals surface area (Å²) in [6.07, 6.45) is 6.15. The molecule has 69 heavy (non-hydrogen) atoms. The predicted molar refractivity (Wildman–Crippen MR) is 265 cm³/mol. The number of benzene rings is 4. The molecule has 3 aliphatic rings. The van der Waals surface area contributed by atoms with E-state index in [1.807, 2.05) is 78.6 Å². The van der Waals surface area contributed by atoms with Gasteiger partial charge in [0.1, 0.15) is 6.04 Å². The minimum Gasteiger partial charge on any atom is -0.446 e. The third kappa shape index (κ3) is 11.2. The molecule has 1 atom stereocenters. The number of amides is 3. The number of likely N-dealkylation sites (tertiary alicyclic amines) is 2. The molecular weight excluding hydrogens is 896 g/mol. The number of alkyl halides is 1. The smallest absolute Gasteiger partial charge is 0.339 e. The van der Waals surface area contributed by atoms with Crippen molar-refractivity contribution in [2.24, 2.45) is 0 Å². The highest BCUT2D eigenvalue weighted by molar-refractivity contribution is 6.17. The summed E-state index contributed by atoms with van der Waals surface area (Å²) in [6.45, 7) is 7.75. The number of aromatic nitrogens is 3. The first-order valence-corrected chi connectivity index (χ1v) is 24.4. The number of para-hydroxylation sites is 1. The molecule has 3 fully saturated rings. The van der Waals surface area contributed by atoms with Crippen molar-refractivity contribution >= 4 is 57.3 Å². The van der Waals surface area contributed by atoms with Crippen LogP contribution in [0.4, 0.5) is 4.79 Å². The average Bonchev–Trinajstić information content (AvgIpc) is 3.79. The van der Waals surface area contributed by atoms with Gasteiger partial charge < -0.3 is 34.5 Å². The number of halogens is 1. The number of fused-ring (bicyclic) bond motifs is 2. The zero-order chi connectivity index (χ0) is 48.0. The van der Waals surface area contributed by atoms with Crippen LogP contribution in [-0.4, -0.2) is 136 Å². The van der Waals surface area contributed by atoms with Gasteiger partial charge in [0, 0.05) is 68.2 Å². The number of esters is 2. The summed E-state index contributed by atoms with van der Waals surface area (Å²) in [7, 11) is 2.17. The molecule has 3 aliphatic heterocycles. The molecule has 9 rings (SSSR count). The largest absolute Gasteiger partial charge is 0.446 e. The molecule has 15 nitrogen and oxygen atoms in total. The molecule has 0 saturated carbocycles. The molecular formula is C53H59ClN8O7. The first-order valence-electron chi connectivity index (χ1n) is 23.9. The van der Waals surface area contributed by atoms with Gasteiger partial charge in [-0.1, -0.05) is 60.1 Å². The Morgan fingerprint density at radius 3 is 2.07 bits per heavy atom. The standard InChI is InChI=1S/C53H59ClN8O7/c1-35-27-38(29-43-32-55-62(48(35)43)34-69-52(66)41-13-9-37(10-14-41)28-36-7-11-40(12-8-36)51(65)68-33-54)30-47(50(64)60-25-23-59(24-26-60)44-17-19-58(2)20-18-44)57-53(67)61-21-15-39(16-22-61)45-31-42-5-3-4-6-46(42)56-49(45)63/h3-14,27,29,31-32,39,44,47H,15-26,28,30,33-34H2,1-2H3,(H,56,63)(H,57,67). The highest BCUT2D eigenvalue weighted by atomic mass is 35.5. The van der Waals surface area contributed by atoms with E-state index < -0.39 is 18.0 Å². The van der Waals surface area contributed by atoms with Crippen LogP contribution in [0.5, 0.6) is 0 Å². The fraction of sp³-hybridized carbons (Fsp3) is 0.396. The molecule has 360 valence electrons. The molecule has 2 aromatic heterocycles. The number of aromatic amines is 1. The number of rotatable bonds is 13. The molecule has 5 heterocycles. The van der Waals surface area contributed by atoms with E-state index in [-0.39, 0.29) is 42.6 Å². The maximum Gasteiger partial charge on any atom is 0.339 e. The summed E-state index contributed by atoms with van der Waals surface area (Å²) in [6, 6.07) is 27.2. The number of ether oxygens (including phenoxy) is 2. The number of urea groups is 1. The second-order valence-corrected chi connectivity index (χ2v) is 18.9. The monoisotopic (exact) mass is 954 g/mol. The number of carbonyl (C=O) groups excluding carboxylic acids is 4. The van der Waals surface area contributed by atoms with Gasteiger partial charge in [-0.2, -0.15) is 5.10 Å². The third-order valence-electron chi connectivity index (χ3n) is 14.1. The molecule has 0 bridgehead atoms. The highest BCUT2D eigenvalue weighted by Gasteiger charge is 2.34. The van der Waals surface area contributed by atoms with Crippen LogP contribution in [0.25, 0.3) is 21.8 Å². The minimum absolute atomic E-state index is 0.0196. The van der Waals surface area contributed by atoms with E-state index >= 15 is 0 Å². The number of H-pyrrole nitrogens is 1. The summed E-state index contributed by atoms with van der Waals surface area (Å²) >= 11 is 5.51. The van der Waals surface area contributed by atoms with E-state index in [1.165, 1.54) is 0 Å². The molecule has 3 amide bonds. The maximum atomic E-state index is 14.5. The van der Waals surface area contributed by atoms with Crippen molar-refractivity contribution in [3.63, 3.8) is 0 Å². The van der Waals surface area contributed by atoms with Crippen molar-refractivity contribution in [2.75, 3.05) is 65.5 Å². The number of hydrogen-bond acceptors (Lipinski definition) is 10. The van der Waals surface area contributed by atoms with Crippen molar-refractivity contribution in [3.8, 4) is 0 Å². The van der Waals surface area contributed by atoms with E-state index in [2.05, 4.69) is 32.2 Å². The lowest BCUT2D eigenvalue weighted by molar-refractivity contribution is -0.135. The molecule has 1 unspecified atom stereocenters. The fourth-order valence-corrected chi connectivity index (χ4v) is 10.4. The molecule has 16 heteroatoms. The molecule has 0 radical (unpaired) electrons. The highest BCUT2D eigenvalue weighted by Crippen LogP contribution is 2.28. The summed E-state index contributed by atoms with van der Waals surface area (Å²) < 4.78 is 12.2. The van der Waals surface area contributed by atoms with E-state index in [0.29, 0.717) is 62.6 Å². The van der Waals surface area contributed by atoms with Crippen LogP contribution in [0, 0.1) is 6.92 Å². The summed E-state index contributed by atoms with van der Waals surface area (Å²) in [5.41, 5.74) is 6.81. The Bertz CT molecular complexity index is 2860. The normalized spacial score (nSPS) is 17.0.